The number of carbonyl (C=O) groups excluding carboxylic acids is 4. The topological polar surface area (TPSA) is 151 Å². The van der Waals surface area contributed by atoms with Gasteiger partial charge in [0.1, 0.15) is 5.75 Å². The summed E-state index contributed by atoms with van der Waals surface area (Å²) < 4.78 is 0. The van der Waals surface area contributed by atoms with Crippen LogP contribution in [0.4, 0.5) is 45.5 Å². The van der Waals surface area contributed by atoms with Gasteiger partial charge in [-0.25, -0.2) is 0 Å². The van der Waals surface area contributed by atoms with Crippen LogP contribution in [0.1, 0.15) is 24.3 Å². The van der Waals surface area contributed by atoms with Crippen LogP contribution in [0.5, 0.6) is 5.75 Å². The van der Waals surface area contributed by atoms with E-state index in [0.717, 1.165) is 22.3 Å². The van der Waals surface area contributed by atoms with Crippen LogP contribution in [0.2, 0.25) is 0 Å². The second kappa shape index (κ2) is 16.4. The summed E-state index contributed by atoms with van der Waals surface area (Å²) in [5.74, 6) is -5.74. The van der Waals surface area contributed by atoms with Crippen molar-refractivity contribution in [2.75, 3.05) is 47.8 Å². The Morgan fingerprint density at radius 3 is 1.48 bits per heavy atom. The molecule has 1 N–H and O–H groups in total. The van der Waals surface area contributed by atoms with Gasteiger partial charge in [-0.05, 0) is 121 Å². The Balaban J connectivity index is 0.951. The highest BCUT2D eigenvalue weighted by Crippen LogP contribution is 2.60. The third-order valence-electron chi connectivity index (χ3n) is 13.4. The van der Waals surface area contributed by atoms with Gasteiger partial charge < -0.3 is 14.9 Å². The van der Waals surface area contributed by atoms with Gasteiger partial charge in [0, 0.05) is 56.4 Å². The van der Waals surface area contributed by atoms with Crippen LogP contribution in [0, 0.1) is 29.6 Å². The van der Waals surface area contributed by atoms with Crippen LogP contribution in [0.3, 0.4) is 0 Å². The summed E-state index contributed by atoms with van der Waals surface area (Å²) in [5, 5.41) is 30.9. The molecule has 0 spiro atoms. The van der Waals surface area contributed by atoms with Gasteiger partial charge in [0.05, 0.1) is 57.8 Å². The quantitative estimate of drug-likeness (QED) is 0.0863. The van der Waals surface area contributed by atoms with Crippen molar-refractivity contribution in [2.45, 2.75) is 18.8 Å². The van der Waals surface area contributed by atoms with Gasteiger partial charge in [0.2, 0.25) is 23.6 Å². The van der Waals surface area contributed by atoms with Crippen molar-refractivity contribution in [3.63, 3.8) is 0 Å². The molecular formula is C52H46N8O5. The summed E-state index contributed by atoms with van der Waals surface area (Å²) in [6, 6.07) is 40.2. The molecule has 10 rings (SSSR count). The molecule has 13 nitrogen and oxygen atoms in total. The SMILES string of the molecule is CN(C)c1ccc(N=Nc2ccc(N3C(=O)[C@H]4[C@H](CC=C5[C@H]4C[C@H]4C(=O)N(c6ccc(N=Nc7ccc(N(C)C)cc7)cc6)C(=O)[C@H]4[C@H]5c4ccc5ccccc5c4O)C3=O)cc2)cc1. The van der Waals surface area contributed by atoms with E-state index in [-0.39, 0.29) is 42.2 Å². The number of nitrogens with zero attached hydrogens (tertiary/aromatic N) is 8. The number of benzene rings is 6. The fourth-order valence-electron chi connectivity index (χ4n) is 10.2. The zero-order chi connectivity index (χ0) is 45.1. The lowest BCUT2D eigenvalue weighted by atomic mass is 9.57. The van der Waals surface area contributed by atoms with Crippen molar-refractivity contribution < 1.29 is 24.3 Å². The first-order valence-electron chi connectivity index (χ1n) is 21.7. The molecule has 6 aromatic carbocycles. The Morgan fingerprint density at radius 1 is 0.508 bits per heavy atom. The van der Waals surface area contributed by atoms with Crippen molar-refractivity contribution in [2.24, 2.45) is 50.0 Å². The standard InChI is InChI=1S/C52H46N8O5/c1-57(2)35-18-10-31(11-19-35)53-55-33-14-22-37(23-15-33)59-49(62)42-28-27-40-43(46(42)51(59)64)29-44-47(45(40)41-26-9-30-7-5-6-8-39(30)48(41)61)52(65)60(50(44)63)38-24-16-34(17-25-38)56-54-32-12-20-36(21-13-32)58(3)4/h5-27,42-47,61H,28-29H2,1-4H3/t42-,43+,44+,45+,46-,47+/m0/s1. The van der Waals surface area contributed by atoms with Crippen molar-refractivity contribution in [1.29, 1.82) is 0 Å². The lowest BCUT2D eigenvalue weighted by Crippen LogP contribution is -2.43. The minimum atomic E-state index is -0.853. The Bertz CT molecular complexity index is 2960. The zero-order valence-electron chi connectivity index (χ0n) is 36.3. The van der Waals surface area contributed by atoms with E-state index < -0.39 is 35.5 Å². The van der Waals surface area contributed by atoms with Crippen molar-refractivity contribution in [1.82, 2.24) is 0 Å². The predicted molar refractivity (Wildman–Crippen MR) is 251 cm³/mol. The Hall–Kier alpha value is -7.80. The summed E-state index contributed by atoms with van der Waals surface area (Å²) in [6.07, 6.45) is 2.46. The van der Waals surface area contributed by atoms with Gasteiger partial charge in [-0.2, -0.15) is 20.5 Å². The van der Waals surface area contributed by atoms with Crippen LogP contribution in [-0.4, -0.2) is 56.9 Å². The van der Waals surface area contributed by atoms with Crippen LogP contribution < -0.4 is 19.6 Å². The third-order valence-corrected chi connectivity index (χ3v) is 13.4. The van der Waals surface area contributed by atoms with Gasteiger partial charge in [-0.15, -0.1) is 0 Å². The molecule has 2 heterocycles. The first-order chi connectivity index (χ1) is 31.5. The van der Waals surface area contributed by atoms with E-state index in [1.807, 2.05) is 129 Å². The predicted octanol–water partition coefficient (Wildman–Crippen LogP) is 10.6. The lowest BCUT2D eigenvalue weighted by molar-refractivity contribution is -0.126. The van der Waals surface area contributed by atoms with Crippen LogP contribution in [0.25, 0.3) is 10.8 Å². The number of allylic oxidation sites excluding steroid dienone is 2. The molecule has 1 saturated carbocycles. The monoisotopic (exact) mass is 862 g/mol. The summed E-state index contributed by atoms with van der Waals surface area (Å²) >= 11 is 0. The van der Waals surface area contributed by atoms with E-state index in [1.165, 1.54) is 9.80 Å². The zero-order valence-corrected chi connectivity index (χ0v) is 36.3. The molecule has 4 aliphatic rings. The molecule has 0 unspecified atom stereocenters. The normalized spacial score (nSPS) is 22.7. The maximum atomic E-state index is 14.8. The first kappa shape index (κ1) is 41.2. The number of carbonyl (C=O) groups is 4. The van der Waals surface area contributed by atoms with E-state index in [9.17, 15) is 24.3 Å². The minimum absolute atomic E-state index is 0.0264. The number of rotatable bonds is 9. The third kappa shape index (κ3) is 7.22. The molecule has 6 aromatic rings. The van der Waals surface area contributed by atoms with Gasteiger partial charge in [-0.3, -0.25) is 29.0 Å². The van der Waals surface area contributed by atoms with Gasteiger partial charge in [-0.1, -0.05) is 48.0 Å². The Labute approximate surface area is 376 Å². The van der Waals surface area contributed by atoms with Gasteiger partial charge in [0.25, 0.3) is 0 Å². The molecule has 0 bridgehead atoms. The van der Waals surface area contributed by atoms with E-state index >= 15 is 0 Å². The molecular weight excluding hydrogens is 817 g/mol. The van der Waals surface area contributed by atoms with Crippen LogP contribution >= 0.6 is 0 Å². The largest absolute Gasteiger partial charge is 0.507 e. The average Bonchev–Trinajstić information content (AvgIpc) is 3.73. The van der Waals surface area contributed by atoms with E-state index in [0.29, 0.717) is 45.1 Å². The van der Waals surface area contributed by atoms with Gasteiger partial charge >= 0.3 is 0 Å². The van der Waals surface area contributed by atoms with Crippen molar-refractivity contribution in [3.8, 4) is 5.75 Å². The fraction of sp³-hybridized carbons (Fsp3) is 0.231. The maximum Gasteiger partial charge on any atom is 0.238 e. The molecule has 13 heteroatoms. The summed E-state index contributed by atoms with van der Waals surface area (Å²) in [6.45, 7) is 0. The molecule has 2 aliphatic carbocycles. The summed E-state index contributed by atoms with van der Waals surface area (Å²) in [5.41, 5.74) is 6.67. The minimum Gasteiger partial charge on any atom is -0.507 e. The number of phenols is 1. The fourth-order valence-corrected chi connectivity index (χ4v) is 10.2. The molecule has 2 saturated heterocycles. The number of fused-ring (bicyclic) bond motifs is 5. The number of azo groups is 2. The van der Waals surface area contributed by atoms with E-state index in [2.05, 4.69) is 20.5 Å². The molecule has 6 atom stereocenters. The first-order valence-corrected chi connectivity index (χ1v) is 21.7. The highest BCUT2D eigenvalue weighted by molar-refractivity contribution is 6.24. The van der Waals surface area contributed by atoms with E-state index in [4.69, 9.17) is 0 Å². The summed E-state index contributed by atoms with van der Waals surface area (Å²) in [4.78, 5) is 65.0. The second-order valence-electron chi connectivity index (χ2n) is 17.5. The van der Waals surface area contributed by atoms with Crippen molar-refractivity contribution in [3.05, 3.63) is 151 Å². The molecule has 0 radical (unpaired) electrons. The van der Waals surface area contributed by atoms with Crippen LogP contribution in [-0.2, 0) is 19.2 Å². The number of aromatic hydroxyl groups is 1. The number of amides is 4. The van der Waals surface area contributed by atoms with Gasteiger partial charge in [0.15, 0.2) is 0 Å². The molecule has 4 amide bonds. The molecule has 2 aliphatic heterocycles. The van der Waals surface area contributed by atoms with E-state index in [1.54, 1.807) is 48.5 Å². The number of hydrogen-bond donors (Lipinski definition) is 1. The molecule has 3 fully saturated rings. The van der Waals surface area contributed by atoms with Crippen LogP contribution in [0.15, 0.2) is 166 Å². The van der Waals surface area contributed by atoms with Crippen molar-refractivity contribution >= 4 is 79.9 Å². The molecule has 324 valence electrons. The highest BCUT2D eigenvalue weighted by atomic mass is 16.3. The lowest BCUT2D eigenvalue weighted by Gasteiger charge is -2.44. The average molecular weight is 863 g/mol. The Morgan fingerprint density at radius 2 is 0.969 bits per heavy atom. The Kier molecular flexibility index (Phi) is 10.4. The molecule has 0 aromatic heterocycles. The second-order valence-corrected chi connectivity index (χ2v) is 17.5. The smallest absolute Gasteiger partial charge is 0.238 e. The summed E-state index contributed by atoms with van der Waals surface area (Å²) in [7, 11) is 7.86. The number of phenolic OH excluding ortho intramolecular Hbond substituents is 1. The number of hydrogen-bond acceptors (Lipinski definition) is 11. The maximum absolute atomic E-state index is 14.8. The number of imide groups is 2. The highest BCUT2D eigenvalue weighted by Gasteiger charge is 2.62. The number of anilines is 4. The molecule has 65 heavy (non-hydrogen) atoms.